The highest BCUT2D eigenvalue weighted by Gasteiger charge is 2.53. The van der Waals surface area contributed by atoms with E-state index in [1.165, 1.54) is 5.57 Å². The molecule has 158 valence electrons. The summed E-state index contributed by atoms with van der Waals surface area (Å²) in [6.45, 7) is 11.1. The standard InChI is InChI=1S/C26H31NO2S/c1-20(2)18-24-25(26(24,4)5)19-27(17-9-12-22-10-7-6-8-11-22)30(28,29)23-15-13-21(3)14-16-23/h6-16,25H,17,19H2,1-5H3/b12-9+. The van der Waals surface area contributed by atoms with Crippen LogP contribution in [0.1, 0.15) is 38.8 Å². The summed E-state index contributed by atoms with van der Waals surface area (Å²) in [7, 11) is -3.60. The van der Waals surface area contributed by atoms with E-state index < -0.39 is 10.0 Å². The van der Waals surface area contributed by atoms with E-state index in [-0.39, 0.29) is 11.3 Å². The van der Waals surface area contributed by atoms with E-state index in [2.05, 4.69) is 19.6 Å². The van der Waals surface area contributed by atoms with Gasteiger partial charge in [0.2, 0.25) is 10.0 Å². The Kier molecular flexibility index (Phi) is 6.52. The number of hydrogen-bond acceptors (Lipinski definition) is 2. The predicted molar refractivity (Wildman–Crippen MR) is 125 cm³/mol. The number of hydrogen-bond donors (Lipinski definition) is 0. The third kappa shape index (κ3) is 5.02. The van der Waals surface area contributed by atoms with Crippen LogP contribution in [0, 0.1) is 18.3 Å². The fourth-order valence-electron chi connectivity index (χ4n) is 3.68. The molecule has 1 unspecified atom stereocenters. The van der Waals surface area contributed by atoms with Gasteiger partial charge in [0, 0.05) is 24.4 Å². The van der Waals surface area contributed by atoms with Crippen LogP contribution in [0.2, 0.25) is 0 Å². The monoisotopic (exact) mass is 421 g/mol. The fraction of sp³-hybridized carbons (Fsp3) is 0.346. The van der Waals surface area contributed by atoms with Crippen molar-refractivity contribution in [2.45, 2.75) is 39.5 Å². The van der Waals surface area contributed by atoms with Crippen LogP contribution < -0.4 is 0 Å². The summed E-state index contributed by atoms with van der Waals surface area (Å²) in [5, 5.41) is 0. The number of sulfonamides is 1. The Hall–Kier alpha value is -2.39. The van der Waals surface area contributed by atoms with Crippen LogP contribution in [-0.2, 0) is 10.0 Å². The van der Waals surface area contributed by atoms with Gasteiger partial charge in [-0.1, -0.05) is 74.0 Å². The summed E-state index contributed by atoms with van der Waals surface area (Å²) in [6.07, 6.45) is 3.91. The molecule has 3 rings (SSSR count). The first-order valence-corrected chi connectivity index (χ1v) is 11.8. The normalized spacial score (nSPS) is 17.9. The van der Waals surface area contributed by atoms with Gasteiger partial charge in [0.25, 0.3) is 0 Å². The van der Waals surface area contributed by atoms with Crippen LogP contribution in [0.3, 0.4) is 0 Å². The maximum atomic E-state index is 13.4. The van der Waals surface area contributed by atoms with Crippen molar-refractivity contribution in [1.82, 2.24) is 4.31 Å². The second kappa shape index (κ2) is 8.77. The maximum Gasteiger partial charge on any atom is 0.243 e. The highest BCUT2D eigenvalue weighted by molar-refractivity contribution is 7.89. The van der Waals surface area contributed by atoms with Crippen molar-refractivity contribution in [2.75, 3.05) is 13.1 Å². The molecule has 0 bridgehead atoms. The lowest BCUT2D eigenvalue weighted by Gasteiger charge is -2.21. The minimum Gasteiger partial charge on any atom is -0.207 e. The Morgan fingerprint density at radius 1 is 1.07 bits per heavy atom. The Balaban J connectivity index is 1.90. The Morgan fingerprint density at radius 3 is 2.30 bits per heavy atom. The molecule has 0 aromatic heterocycles. The van der Waals surface area contributed by atoms with Gasteiger partial charge >= 0.3 is 0 Å². The van der Waals surface area contributed by atoms with Gasteiger partial charge in [-0.2, -0.15) is 4.31 Å². The zero-order valence-electron chi connectivity index (χ0n) is 18.5. The molecular formula is C26H31NO2S. The number of nitrogens with zero attached hydrogens (tertiary/aromatic N) is 1. The lowest BCUT2D eigenvalue weighted by Crippen LogP contribution is -2.34. The minimum absolute atomic E-state index is 0.0263. The van der Waals surface area contributed by atoms with Crippen molar-refractivity contribution in [2.24, 2.45) is 11.3 Å². The summed E-state index contributed by atoms with van der Waals surface area (Å²) < 4.78 is 28.5. The number of rotatable bonds is 7. The Labute approximate surface area is 181 Å². The zero-order chi connectivity index (χ0) is 21.9. The van der Waals surface area contributed by atoms with Gasteiger partial charge in [-0.25, -0.2) is 8.42 Å². The van der Waals surface area contributed by atoms with Crippen molar-refractivity contribution in [3.63, 3.8) is 0 Å². The van der Waals surface area contributed by atoms with E-state index in [9.17, 15) is 8.42 Å². The molecule has 1 aliphatic rings. The Morgan fingerprint density at radius 2 is 1.70 bits per heavy atom. The molecule has 0 amide bonds. The quantitative estimate of drug-likeness (QED) is 0.526. The molecule has 0 heterocycles. The zero-order valence-corrected chi connectivity index (χ0v) is 19.3. The van der Waals surface area contributed by atoms with E-state index in [4.69, 9.17) is 0 Å². The first-order chi connectivity index (χ1) is 14.1. The average Bonchev–Trinajstić information content (AvgIpc) is 3.19. The second-order valence-corrected chi connectivity index (χ2v) is 10.7. The first kappa shape index (κ1) is 22.3. The molecule has 2 aromatic rings. The SMILES string of the molecule is CC(C)=C=C1C(CN(C/C=C/c2ccccc2)S(=O)(=O)c2ccc(C)cc2)C1(C)C. The molecular weight excluding hydrogens is 390 g/mol. The molecule has 2 aromatic carbocycles. The molecule has 1 fully saturated rings. The van der Waals surface area contributed by atoms with Crippen molar-refractivity contribution in [3.05, 3.63) is 88.7 Å². The van der Waals surface area contributed by atoms with Crippen molar-refractivity contribution in [3.8, 4) is 0 Å². The van der Waals surface area contributed by atoms with Crippen LogP contribution in [-0.4, -0.2) is 25.8 Å². The van der Waals surface area contributed by atoms with E-state index in [1.54, 1.807) is 16.4 Å². The molecule has 0 saturated heterocycles. The second-order valence-electron chi connectivity index (χ2n) is 8.76. The van der Waals surface area contributed by atoms with Crippen LogP contribution >= 0.6 is 0 Å². The largest absolute Gasteiger partial charge is 0.243 e. The lowest BCUT2D eigenvalue weighted by atomic mass is 10.1. The molecule has 4 heteroatoms. The van der Waals surface area contributed by atoms with E-state index in [0.717, 1.165) is 16.7 Å². The fourth-order valence-corrected chi connectivity index (χ4v) is 5.09. The molecule has 1 aliphatic carbocycles. The van der Waals surface area contributed by atoms with Crippen molar-refractivity contribution >= 4 is 16.1 Å². The highest BCUT2D eigenvalue weighted by atomic mass is 32.2. The van der Waals surface area contributed by atoms with E-state index >= 15 is 0 Å². The molecule has 1 atom stereocenters. The third-order valence-electron chi connectivity index (χ3n) is 5.68. The minimum atomic E-state index is -3.60. The van der Waals surface area contributed by atoms with Crippen LogP contribution in [0.5, 0.6) is 0 Å². The third-order valence-corrected chi connectivity index (χ3v) is 7.52. The number of aryl methyl sites for hydroxylation is 1. The summed E-state index contributed by atoms with van der Waals surface area (Å²) in [4.78, 5) is 0.340. The molecule has 30 heavy (non-hydrogen) atoms. The van der Waals surface area contributed by atoms with E-state index in [0.29, 0.717) is 18.0 Å². The summed E-state index contributed by atoms with van der Waals surface area (Å²) in [5.41, 5.74) is 7.84. The van der Waals surface area contributed by atoms with Gasteiger partial charge in [-0.3, -0.25) is 0 Å². The molecule has 3 nitrogen and oxygen atoms in total. The lowest BCUT2D eigenvalue weighted by molar-refractivity contribution is 0.397. The summed E-state index contributed by atoms with van der Waals surface area (Å²) in [5.74, 6) is 0.178. The predicted octanol–water partition coefficient (Wildman–Crippen LogP) is 5.85. The van der Waals surface area contributed by atoms with Gasteiger partial charge in [-0.05, 0) is 49.6 Å². The van der Waals surface area contributed by atoms with E-state index in [1.807, 2.05) is 75.4 Å². The molecule has 0 aliphatic heterocycles. The summed E-state index contributed by atoms with van der Waals surface area (Å²) in [6, 6.07) is 17.0. The first-order valence-electron chi connectivity index (χ1n) is 10.4. The van der Waals surface area contributed by atoms with Gasteiger partial charge in [0.05, 0.1) is 4.90 Å². The van der Waals surface area contributed by atoms with Gasteiger partial charge in [0.1, 0.15) is 0 Å². The maximum absolute atomic E-state index is 13.4. The van der Waals surface area contributed by atoms with Crippen molar-refractivity contribution in [1.29, 1.82) is 0 Å². The summed E-state index contributed by atoms with van der Waals surface area (Å²) >= 11 is 0. The highest BCUT2D eigenvalue weighted by Crippen LogP contribution is 2.57. The molecule has 0 spiro atoms. The molecule has 0 N–H and O–H groups in total. The van der Waals surface area contributed by atoms with Gasteiger partial charge < -0.3 is 0 Å². The smallest absolute Gasteiger partial charge is 0.207 e. The number of benzene rings is 2. The van der Waals surface area contributed by atoms with Gasteiger partial charge in [-0.15, -0.1) is 5.73 Å². The van der Waals surface area contributed by atoms with Gasteiger partial charge in [0.15, 0.2) is 0 Å². The Bertz CT molecular complexity index is 1080. The topological polar surface area (TPSA) is 37.4 Å². The van der Waals surface area contributed by atoms with Crippen LogP contribution in [0.15, 0.2) is 82.4 Å². The van der Waals surface area contributed by atoms with Crippen LogP contribution in [0.4, 0.5) is 0 Å². The average molecular weight is 422 g/mol. The molecule has 0 radical (unpaired) electrons. The molecule has 1 saturated carbocycles. The van der Waals surface area contributed by atoms with Crippen LogP contribution in [0.25, 0.3) is 6.08 Å². The van der Waals surface area contributed by atoms with Crippen molar-refractivity contribution < 1.29 is 8.42 Å².